The smallest absolute Gasteiger partial charge is 0.265 e. The van der Waals surface area contributed by atoms with Gasteiger partial charge in [0.1, 0.15) is 11.4 Å². The predicted octanol–water partition coefficient (Wildman–Crippen LogP) is 6.00. The van der Waals surface area contributed by atoms with Crippen LogP contribution in [0.1, 0.15) is 56.9 Å². The van der Waals surface area contributed by atoms with Crippen LogP contribution in [0.2, 0.25) is 0 Å². The molecule has 1 aromatic rings. The fraction of sp³-hybridized carbons (Fsp3) is 0.440. The number of ether oxygens (including phenoxy) is 1. The number of anilines is 1. The van der Waals surface area contributed by atoms with Gasteiger partial charge >= 0.3 is 0 Å². The van der Waals surface area contributed by atoms with E-state index >= 15 is 0 Å². The molecule has 3 aliphatic rings. The Balaban J connectivity index is 1.56. The lowest BCUT2D eigenvalue weighted by Crippen LogP contribution is -2.37. The molecule has 0 unspecified atom stereocenters. The number of nitrogens with zero attached hydrogens (tertiary/aromatic N) is 3. The molecule has 2 aliphatic heterocycles. The molecule has 0 N–H and O–H groups in total. The van der Waals surface area contributed by atoms with Crippen LogP contribution in [0.3, 0.4) is 0 Å². The SMILES string of the molecule is [C-]#[N+]/C(C#N)=C1C=C(/C=C/c2ccc(N3CCCC3)cc2)OC2(CCCCC2)C\1. The monoisotopic (exact) mass is 385 g/mol. The topological polar surface area (TPSA) is 40.6 Å². The molecule has 2 fully saturated rings. The second kappa shape index (κ2) is 8.58. The van der Waals surface area contributed by atoms with Crippen molar-refractivity contribution < 1.29 is 4.74 Å². The highest BCUT2D eigenvalue weighted by atomic mass is 16.5. The zero-order valence-electron chi connectivity index (χ0n) is 16.9. The summed E-state index contributed by atoms with van der Waals surface area (Å²) in [6.07, 6.45) is 14.6. The molecule has 1 saturated heterocycles. The molecule has 2 heterocycles. The molecule has 4 rings (SSSR count). The van der Waals surface area contributed by atoms with E-state index in [2.05, 4.69) is 46.2 Å². The highest BCUT2D eigenvalue weighted by molar-refractivity contribution is 5.58. The van der Waals surface area contributed by atoms with Gasteiger partial charge in [-0.15, -0.1) is 0 Å². The van der Waals surface area contributed by atoms with E-state index in [-0.39, 0.29) is 11.3 Å². The minimum Gasteiger partial charge on any atom is -0.487 e. The van der Waals surface area contributed by atoms with E-state index in [4.69, 9.17) is 11.3 Å². The first-order chi connectivity index (χ1) is 14.2. The zero-order valence-corrected chi connectivity index (χ0v) is 16.9. The van der Waals surface area contributed by atoms with E-state index in [0.29, 0.717) is 6.42 Å². The van der Waals surface area contributed by atoms with Crippen LogP contribution >= 0.6 is 0 Å². The van der Waals surface area contributed by atoms with E-state index in [1.807, 2.05) is 12.2 Å². The molecule has 0 bridgehead atoms. The van der Waals surface area contributed by atoms with E-state index in [0.717, 1.165) is 55.7 Å². The number of benzene rings is 1. The molecule has 1 spiro atoms. The zero-order chi connectivity index (χ0) is 20.1. The third-order valence-electron chi connectivity index (χ3n) is 6.25. The first kappa shape index (κ1) is 19.3. The molecule has 1 saturated carbocycles. The Kier molecular flexibility index (Phi) is 5.72. The lowest BCUT2D eigenvalue weighted by Gasteiger charge is -2.41. The average Bonchev–Trinajstić information content (AvgIpc) is 3.29. The van der Waals surface area contributed by atoms with Gasteiger partial charge in [-0.1, -0.05) is 24.6 Å². The summed E-state index contributed by atoms with van der Waals surface area (Å²) in [7, 11) is 0. The van der Waals surface area contributed by atoms with Crippen molar-refractivity contribution in [2.75, 3.05) is 18.0 Å². The molecule has 1 aromatic carbocycles. The average molecular weight is 386 g/mol. The standard InChI is InChI=1S/C25H27N3O/c1-27-24(19-26)21-17-23(29-25(18-21)13-3-2-4-14-25)12-9-20-7-10-22(11-8-20)28-15-5-6-16-28/h7-12,17H,2-6,13-16,18H2/b12-9+,24-21+. The van der Waals surface area contributed by atoms with Gasteiger partial charge in [-0.2, -0.15) is 0 Å². The Morgan fingerprint density at radius 3 is 2.45 bits per heavy atom. The molecule has 0 aromatic heterocycles. The second-order valence-electron chi connectivity index (χ2n) is 8.29. The summed E-state index contributed by atoms with van der Waals surface area (Å²) in [4.78, 5) is 5.88. The normalized spacial score (nSPS) is 22.7. The van der Waals surface area contributed by atoms with Crippen LogP contribution in [-0.2, 0) is 4.74 Å². The van der Waals surface area contributed by atoms with Gasteiger partial charge < -0.3 is 9.64 Å². The van der Waals surface area contributed by atoms with Crippen molar-refractivity contribution in [2.45, 2.75) is 57.0 Å². The lowest BCUT2D eigenvalue weighted by atomic mass is 9.78. The molecule has 148 valence electrons. The van der Waals surface area contributed by atoms with E-state index in [9.17, 15) is 5.26 Å². The predicted molar refractivity (Wildman–Crippen MR) is 116 cm³/mol. The Morgan fingerprint density at radius 1 is 1.07 bits per heavy atom. The molecule has 1 aliphatic carbocycles. The van der Waals surface area contributed by atoms with Crippen molar-refractivity contribution in [3.8, 4) is 6.07 Å². The van der Waals surface area contributed by atoms with E-state index < -0.39 is 0 Å². The Hall–Kier alpha value is -2.98. The van der Waals surface area contributed by atoms with Crippen LogP contribution in [0.15, 0.2) is 53.4 Å². The van der Waals surface area contributed by atoms with Crippen molar-refractivity contribution >= 4 is 11.8 Å². The first-order valence-electron chi connectivity index (χ1n) is 10.7. The summed E-state index contributed by atoms with van der Waals surface area (Å²) < 4.78 is 6.43. The number of hydrogen-bond acceptors (Lipinski definition) is 3. The van der Waals surface area contributed by atoms with Crippen LogP contribution in [0.5, 0.6) is 0 Å². The van der Waals surface area contributed by atoms with Crippen molar-refractivity contribution in [3.63, 3.8) is 0 Å². The molecule has 0 radical (unpaired) electrons. The minimum absolute atomic E-state index is 0.194. The highest BCUT2D eigenvalue weighted by Crippen LogP contribution is 2.43. The van der Waals surface area contributed by atoms with Gasteiger partial charge in [0, 0.05) is 25.2 Å². The number of rotatable bonds is 3. The van der Waals surface area contributed by atoms with Crippen LogP contribution in [0, 0.1) is 17.9 Å². The Labute approximate surface area is 173 Å². The van der Waals surface area contributed by atoms with Gasteiger partial charge in [0.25, 0.3) is 5.70 Å². The maximum atomic E-state index is 9.36. The first-order valence-corrected chi connectivity index (χ1v) is 10.7. The summed E-state index contributed by atoms with van der Waals surface area (Å²) in [5.41, 5.74) is 3.17. The maximum Gasteiger partial charge on any atom is 0.265 e. The van der Waals surface area contributed by atoms with Crippen LogP contribution < -0.4 is 4.90 Å². The number of hydrogen-bond donors (Lipinski definition) is 0. The van der Waals surface area contributed by atoms with Gasteiger partial charge in [-0.05, 0) is 73.9 Å². The van der Waals surface area contributed by atoms with Crippen LogP contribution in [0.25, 0.3) is 10.9 Å². The molecule has 29 heavy (non-hydrogen) atoms. The quantitative estimate of drug-likeness (QED) is 0.473. The van der Waals surface area contributed by atoms with Gasteiger partial charge in [0.05, 0.1) is 12.6 Å². The number of nitriles is 1. The summed E-state index contributed by atoms with van der Waals surface area (Å²) in [5.74, 6) is 0.758. The molecule has 4 heteroatoms. The summed E-state index contributed by atoms with van der Waals surface area (Å²) in [5, 5.41) is 9.36. The van der Waals surface area contributed by atoms with Crippen molar-refractivity contribution in [2.24, 2.45) is 0 Å². The maximum absolute atomic E-state index is 9.36. The van der Waals surface area contributed by atoms with Crippen molar-refractivity contribution in [1.29, 1.82) is 5.26 Å². The minimum atomic E-state index is -0.256. The summed E-state index contributed by atoms with van der Waals surface area (Å²) >= 11 is 0. The molecular formula is C25H27N3O. The Bertz CT molecular complexity index is 896. The van der Waals surface area contributed by atoms with Gasteiger partial charge in [0.2, 0.25) is 0 Å². The fourth-order valence-corrected chi connectivity index (χ4v) is 4.71. The van der Waals surface area contributed by atoms with Crippen LogP contribution in [0.4, 0.5) is 5.69 Å². The largest absolute Gasteiger partial charge is 0.487 e. The van der Waals surface area contributed by atoms with E-state index in [1.54, 1.807) is 0 Å². The third kappa shape index (κ3) is 4.38. The van der Waals surface area contributed by atoms with Gasteiger partial charge in [-0.3, -0.25) is 0 Å². The van der Waals surface area contributed by atoms with E-state index in [1.165, 1.54) is 24.9 Å². The Morgan fingerprint density at radius 2 is 1.79 bits per heavy atom. The van der Waals surface area contributed by atoms with Crippen molar-refractivity contribution in [1.82, 2.24) is 0 Å². The second-order valence-corrected chi connectivity index (χ2v) is 8.29. The lowest BCUT2D eigenvalue weighted by molar-refractivity contribution is -0.0285. The molecule has 4 nitrogen and oxygen atoms in total. The van der Waals surface area contributed by atoms with Crippen molar-refractivity contribution in [3.05, 3.63) is 70.4 Å². The fourth-order valence-electron chi connectivity index (χ4n) is 4.71. The van der Waals surface area contributed by atoms with Gasteiger partial charge in [0.15, 0.2) is 0 Å². The number of allylic oxidation sites excluding steroid dienone is 3. The molecule has 0 amide bonds. The highest BCUT2D eigenvalue weighted by Gasteiger charge is 2.38. The molecule has 0 atom stereocenters. The summed E-state index contributed by atoms with van der Waals surface area (Å²) in [6.45, 7) is 9.64. The van der Waals surface area contributed by atoms with Gasteiger partial charge in [-0.25, -0.2) is 10.1 Å². The third-order valence-corrected chi connectivity index (χ3v) is 6.25. The van der Waals surface area contributed by atoms with Crippen LogP contribution in [-0.4, -0.2) is 18.7 Å². The molecular weight excluding hydrogens is 358 g/mol. The summed E-state index contributed by atoms with van der Waals surface area (Å²) in [6, 6.07) is 10.7.